The number of carbonyl (C=O) groups is 2. The van der Waals surface area contributed by atoms with Crippen molar-refractivity contribution in [1.82, 2.24) is 4.98 Å². The van der Waals surface area contributed by atoms with Crippen molar-refractivity contribution < 1.29 is 14.3 Å². The third-order valence-corrected chi connectivity index (χ3v) is 8.01. The number of nitrogens with one attached hydrogen (secondary N) is 1. The van der Waals surface area contributed by atoms with Gasteiger partial charge in [-0.3, -0.25) is 4.79 Å². The van der Waals surface area contributed by atoms with E-state index in [1.165, 1.54) is 21.8 Å². The Labute approximate surface area is 215 Å². The molecule has 0 bridgehead atoms. The van der Waals surface area contributed by atoms with Crippen molar-refractivity contribution in [1.29, 1.82) is 0 Å². The number of thiophene rings is 1. The second-order valence-electron chi connectivity index (χ2n) is 9.62. The number of carbonyl (C=O) groups excluding carboxylic acids is 2. The Balaban J connectivity index is 1.59. The van der Waals surface area contributed by atoms with Crippen LogP contribution in [0, 0.1) is 19.8 Å². The molecule has 2 aromatic carbocycles. The summed E-state index contributed by atoms with van der Waals surface area (Å²) in [5.74, 6) is -0.0635. The van der Waals surface area contributed by atoms with Crippen molar-refractivity contribution in [2.24, 2.45) is 5.92 Å². The molecule has 0 saturated carbocycles. The maximum Gasteiger partial charge on any atom is 0.341 e. The van der Waals surface area contributed by atoms with Crippen LogP contribution in [0.15, 0.2) is 48.5 Å². The first-order chi connectivity index (χ1) is 17.4. The Hall–Kier alpha value is -3.51. The summed E-state index contributed by atoms with van der Waals surface area (Å²) < 4.78 is 5.38. The summed E-state index contributed by atoms with van der Waals surface area (Å²) in [5.41, 5.74) is 6.86. The lowest BCUT2D eigenvalue weighted by atomic mass is 9.88. The molecular weight excluding hydrogens is 468 g/mol. The van der Waals surface area contributed by atoms with Crippen LogP contribution in [0.4, 0.5) is 5.00 Å². The van der Waals surface area contributed by atoms with Crippen LogP contribution in [0.5, 0.6) is 0 Å². The number of benzene rings is 2. The summed E-state index contributed by atoms with van der Waals surface area (Å²) in [4.78, 5) is 32.7. The van der Waals surface area contributed by atoms with Crippen molar-refractivity contribution in [2.45, 2.75) is 47.0 Å². The van der Waals surface area contributed by atoms with E-state index in [4.69, 9.17) is 9.72 Å². The van der Waals surface area contributed by atoms with Crippen molar-refractivity contribution >= 4 is 39.1 Å². The number of rotatable bonds is 5. The zero-order valence-electron chi connectivity index (χ0n) is 21.1. The van der Waals surface area contributed by atoms with Gasteiger partial charge in [-0.2, -0.15) is 0 Å². The van der Waals surface area contributed by atoms with Gasteiger partial charge in [-0.15, -0.1) is 11.3 Å². The average molecular weight is 499 g/mol. The van der Waals surface area contributed by atoms with Gasteiger partial charge in [-0.05, 0) is 69.2 Å². The van der Waals surface area contributed by atoms with E-state index in [-0.39, 0.29) is 11.9 Å². The minimum absolute atomic E-state index is 0.253. The first kappa shape index (κ1) is 24.2. The number of ether oxygens (including phenoxy) is 1. The maximum absolute atomic E-state index is 13.8. The molecule has 1 amide bonds. The van der Waals surface area contributed by atoms with Gasteiger partial charge in [0.2, 0.25) is 0 Å². The van der Waals surface area contributed by atoms with Crippen LogP contribution in [0.1, 0.15) is 62.6 Å². The first-order valence-corrected chi connectivity index (χ1v) is 13.3. The maximum atomic E-state index is 13.8. The zero-order valence-corrected chi connectivity index (χ0v) is 21.9. The van der Waals surface area contributed by atoms with Gasteiger partial charge in [0.25, 0.3) is 5.91 Å². The van der Waals surface area contributed by atoms with Gasteiger partial charge in [0.1, 0.15) is 5.00 Å². The molecule has 4 aromatic rings. The first-order valence-electron chi connectivity index (χ1n) is 12.5. The molecule has 2 heterocycles. The number of pyridine rings is 1. The van der Waals surface area contributed by atoms with Crippen LogP contribution in [-0.4, -0.2) is 23.5 Å². The van der Waals surface area contributed by atoms with Crippen LogP contribution in [-0.2, 0) is 17.6 Å². The molecule has 0 radical (unpaired) electrons. The lowest BCUT2D eigenvalue weighted by Crippen LogP contribution is -2.17. The largest absolute Gasteiger partial charge is 0.462 e. The molecule has 36 heavy (non-hydrogen) atoms. The van der Waals surface area contributed by atoms with Gasteiger partial charge < -0.3 is 10.1 Å². The standard InChI is InChI=1S/C30H30N2O3S/c1-5-35-30(34)27-22-13-11-18(3)15-26(22)36-29(27)32-28(33)23-16-25(20-12-10-17(2)14-19(20)4)31-24-9-7-6-8-21(23)24/h6-10,12,14,16,18H,5,11,13,15H2,1-4H3,(H,32,33)/t18-/m0/s1. The molecule has 1 aliphatic carbocycles. The van der Waals surface area contributed by atoms with E-state index in [0.717, 1.165) is 52.5 Å². The number of fused-ring (bicyclic) bond motifs is 2. The highest BCUT2D eigenvalue weighted by molar-refractivity contribution is 7.17. The molecule has 0 unspecified atom stereocenters. The number of aryl methyl sites for hydroxylation is 2. The fraction of sp³-hybridized carbons (Fsp3) is 0.300. The highest BCUT2D eigenvalue weighted by atomic mass is 32.1. The van der Waals surface area contributed by atoms with Gasteiger partial charge in [0, 0.05) is 15.8 Å². The second kappa shape index (κ2) is 9.86. The van der Waals surface area contributed by atoms with E-state index in [0.29, 0.717) is 28.7 Å². The summed E-state index contributed by atoms with van der Waals surface area (Å²) in [6.07, 6.45) is 2.77. The second-order valence-corrected chi connectivity index (χ2v) is 10.7. The smallest absolute Gasteiger partial charge is 0.341 e. The van der Waals surface area contributed by atoms with Crippen molar-refractivity contribution in [2.75, 3.05) is 11.9 Å². The van der Waals surface area contributed by atoms with Gasteiger partial charge >= 0.3 is 5.97 Å². The third-order valence-electron chi connectivity index (χ3n) is 6.84. The van der Waals surface area contributed by atoms with Crippen molar-refractivity contribution in [3.05, 3.63) is 81.2 Å². The lowest BCUT2D eigenvalue weighted by Gasteiger charge is -2.18. The predicted octanol–water partition coefficient (Wildman–Crippen LogP) is 7.13. The topological polar surface area (TPSA) is 68.3 Å². The fourth-order valence-electron chi connectivity index (χ4n) is 5.03. The fourth-order valence-corrected chi connectivity index (χ4v) is 6.42. The highest BCUT2D eigenvalue weighted by Gasteiger charge is 2.29. The molecule has 1 atom stereocenters. The van der Waals surface area contributed by atoms with E-state index in [1.807, 2.05) is 30.3 Å². The Kier molecular flexibility index (Phi) is 6.63. The van der Waals surface area contributed by atoms with Crippen LogP contribution in [0.3, 0.4) is 0 Å². The van der Waals surface area contributed by atoms with E-state index >= 15 is 0 Å². The van der Waals surface area contributed by atoms with E-state index in [2.05, 4.69) is 44.3 Å². The molecule has 0 aliphatic heterocycles. The molecule has 0 fully saturated rings. The molecule has 5 rings (SSSR count). The normalized spacial score (nSPS) is 14.9. The summed E-state index contributed by atoms with van der Waals surface area (Å²) in [5, 5.41) is 4.43. The van der Waals surface area contributed by atoms with Crippen LogP contribution in [0.2, 0.25) is 0 Å². The van der Waals surface area contributed by atoms with Gasteiger partial charge in [0.15, 0.2) is 0 Å². The number of anilines is 1. The zero-order chi connectivity index (χ0) is 25.4. The molecule has 0 saturated heterocycles. The predicted molar refractivity (Wildman–Crippen MR) is 146 cm³/mol. The summed E-state index contributed by atoms with van der Waals surface area (Å²) in [6, 6.07) is 15.8. The number of para-hydroxylation sites is 1. The quantitative estimate of drug-likeness (QED) is 0.297. The summed E-state index contributed by atoms with van der Waals surface area (Å²) >= 11 is 1.50. The molecule has 1 aliphatic rings. The van der Waals surface area contributed by atoms with Crippen LogP contribution in [0.25, 0.3) is 22.2 Å². The van der Waals surface area contributed by atoms with E-state index < -0.39 is 0 Å². The van der Waals surface area contributed by atoms with Gasteiger partial charge in [-0.1, -0.05) is 48.9 Å². The average Bonchev–Trinajstić information content (AvgIpc) is 3.20. The van der Waals surface area contributed by atoms with Crippen molar-refractivity contribution in [3.8, 4) is 11.3 Å². The SMILES string of the molecule is CCOC(=O)c1c(NC(=O)c2cc(-c3ccc(C)cc3C)nc3ccccc23)sc2c1CC[C@H](C)C2. The van der Waals surface area contributed by atoms with Gasteiger partial charge in [0.05, 0.1) is 28.9 Å². The van der Waals surface area contributed by atoms with Crippen LogP contribution >= 0.6 is 11.3 Å². The summed E-state index contributed by atoms with van der Waals surface area (Å²) in [7, 11) is 0. The van der Waals surface area contributed by atoms with E-state index in [1.54, 1.807) is 6.92 Å². The number of hydrogen-bond acceptors (Lipinski definition) is 5. The highest BCUT2D eigenvalue weighted by Crippen LogP contribution is 2.40. The lowest BCUT2D eigenvalue weighted by molar-refractivity contribution is 0.0526. The van der Waals surface area contributed by atoms with Crippen LogP contribution < -0.4 is 5.32 Å². The molecule has 184 valence electrons. The number of aromatic nitrogens is 1. The molecule has 6 heteroatoms. The molecule has 1 N–H and O–H groups in total. The molecule has 0 spiro atoms. The minimum Gasteiger partial charge on any atom is -0.462 e. The molecular formula is C30H30N2O3S. The Morgan fingerprint density at radius 1 is 1.14 bits per heavy atom. The summed E-state index contributed by atoms with van der Waals surface area (Å²) in [6.45, 7) is 8.44. The van der Waals surface area contributed by atoms with Crippen molar-refractivity contribution in [3.63, 3.8) is 0 Å². The number of amides is 1. The molecule has 2 aromatic heterocycles. The third kappa shape index (κ3) is 4.53. The van der Waals surface area contributed by atoms with Gasteiger partial charge in [-0.25, -0.2) is 9.78 Å². The molecule has 5 nitrogen and oxygen atoms in total. The Morgan fingerprint density at radius 3 is 2.72 bits per heavy atom. The number of hydrogen-bond donors (Lipinski definition) is 1. The monoisotopic (exact) mass is 498 g/mol. The Bertz CT molecular complexity index is 1490. The minimum atomic E-state index is -0.365. The number of esters is 1. The number of nitrogens with zero attached hydrogens (tertiary/aromatic N) is 1. The van der Waals surface area contributed by atoms with E-state index in [9.17, 15) is 9.59 Å². The Morgan fingerprint density at radius 2 is 1.94 bits per heavy atom.